The summed E-state index contributed by atoms with van der Waals surface area (Å²) in [5.74, 6) is 0.0807. The van der Waals surface area contributed by atoms with Gasteiger partial charge in [0.25, 0.3) is 0 Å². The third kappa shape index (κ3) is 5.04. The van der Waals surface area contributed by atoms with Crippen LogP contribution in [0, 0.1) is 13.8 Å². The Morgan fingerprint density at radius 1 is 1.36 bits per heavy atom. The number of aryl methyl sites for hydroxylation is 1. The number of unbranched alkanes of at least 4 members (excludes halogenated alkanes) is 1. The van der Waals surface area contributed by atoms with Crippen LogP contribution in [-0.4, -0.2) is 26.2 Å². The summed E-state index contributed by atoms with van der Waals surface area (Å²) < 4.78 is 2.25. The van der Waals surface area contributed by atoms with Gasteiger partial charge < -0.3 is 9.88 Å². The first-order chi connectivity index (χ1) is 10.2. The average Bonchev–Trinajstić information content (AvgIpc) is 2.71. The first-order valence-electron chi connectivity index (χ1n) is 8.24. The molecule has 5 heteroatoms. The molecular weight excluding hydrogens is 294 g/mol. The van der Waals surface area contributed by atoms with Gasteiger partial charge in [0.05, 0.1) is 10.9 Å². The fourth-order valence-electron chi connectivity index (χ4n) is 2.03. The highest BCUT2D eigenvalue weighted by Gasteiger charge is 2.24. The van der Waals surface area contributed by atoms with Gasteiger partial charge in [-0.1, -0.05) is 32.0 Å². The van der Waals surface area contributed by atoms with Crippen molar-refractivity contribution in [2.75, 3.05) is 0 Å². The minimum atomic E-state index is -0.157. The van der Waals surface area contributed by atoms with Crippen LogP contribution in [0.3, 0.4) is 0 Å². The summed E-state index contributed by atoms with van der Waals surface area (Å²) in [6.45, 7) is 15.4. The Morgan fingerprint density at radius 3 is 2.55 bits per heavy atom. The van der Waals surface area contributed by atoms with E-state index in [4.69, 9.17) is 0 Å². The molecule has 0 bridgehead atoms. The Morgan fingerprint density at radius 2 is 2.00 bits per heavy atom. The molecule has 0 saturated heterocycles. The van der Waals surface area contributed by atoms with Crippen molar-refractivity contribution in [3.63, 3.8) is 0 Å². The number of rotatable bonds is 8. The third-order valence-corrected chi connectivity index (χ3v) is 5.25. The fraction of sp³-hybridized carbons (Fsp3) is 0.765. The van der Waals surface area contributed by atoms with Gasteiger partial charge in [-0.05, 0) is 47.5 Å². The molecular formula is C17H31N3OS. The molecule has 0 aromatic carbocycles. The molecule has 0 aliphatic rings. The minimum Gasteiger partial charge on any atom is -0.350 e. The van der Waals surface area contributed by atoms with Crippen LogP contribution in [0.25, 0.3) is 0 Å². The maximum absolute atomic E-state index is 12.4. The van der Waals surface area contributed by atoms with Gasteiger partial charge in [-0.2, -0.15) is 0 Å². The number of hydrogen-bond acceptors (Lipinski definition) is 3. The average molecular weight is 326 g/mol. The van der Waals surface area contributed by atoms with E-state index in [1.165, 1.54) is 5.69 Å². The monoisotopic (exact) mass is 325 g/mol. The molecule has 0 saturated carbocycles. The van der Waals surface area contributed by atoms with Gasteiger partial charge in [0.15, 0.2) is 5.16 Å². The third-order valence-electron chi connectivity index (χ3n) is 4.15. The Kier molecular flexibility index (Phi) is 6.98. The largest absolute Gasteiger partial charge is 0.350 e. The number of nitrogens with zero attached hydrogens (tertiary/aromatic N) is 2. The number of aromatic nitrogens is 2. The summed E-state index contributed by atoms with van der Waals surface area (Å²) in [5, 5.41) is 3.93. The topological polar surface area (TPSA) is 46.9 Å². The number of nitrogens with one attached hydrogen (secondary N) is 1. The van der Waals surface area contributed by atoms with Crippen molar-refractivity contribution in [3.8, 4) is 0 Å². The van der Waals surface area contributed by atoms with E-state index in [9.17, 15) is 4.79 Å². The van der Waals surface area contributed by atoms with Gasteiger partial charge in [0.1, 0.15) is 0 Å². The summed E-state index contributed by atoms with van der Waals surface area (Å²) in [4.78, 5) is 17.0. The minimum absolute atomic E-state index is 0.0807. The number of imidazole rings is 1. The number of carbonyl (C=O) groups is 1. The second kappa shape index (κ2) is 8.04. The Labute approximate surface area is 139 Å². The number of amides is 1. The first-order valence-corrected chi connectivity index (χ1v) is 9.12. The van der Waals surface area contributed by atoms with Crippen molar-refractivity contribution in [2.24, 2.45) is 0 Å². The molecule has 0 aliphatic carbocycles. The zero-order chi connectivity index (χ0) is 16.9. The molecule has 0 radical (unpaired) electrons. The van der Waals surface area contributed by atoms with E-state index in [1.54, 1.807) is 11.8 Å². The number of thioether (sulfide) groups is 1. The van der Waals surface area contributed by atoms with Crippen molar-refractivity contribution in [1.82, 2.24) is 14.9 Å². The lowest BCUT2D eigenvalue weighted by atomic mass is 10.0. The molecule has 126 valence electrons. The van der Waals surface area contributed by atoms with E-state index in [0.717, 1.165) is 36.7 Å². The van der Waals surface area contributed by atoms with Crippen molar-refractivity contribution in [3.05, 3.63) is 11.4 Å². The van der Waals surface area contributed by atoms with Crippen LogP contribution in [-0.2, 0) is 11.3 Å². The highest BCUT2D eigenvalue weighted by molar-refractivity contribution is 8.00. The zero-order valence-corrected chi connectivity index (χ0v) is 15.9. The molecule has 1 aromatic rings. The Bertz CT molecular complexity index is 508. The molecule has 1 N–H and O–H groups in total. The molecule has 1 heterocycles. The molecule has 0 fully saturated rings. The highest BCUT2D eigenvalue weighted by Crippen LogP contribution is 2.26. The predicted octanol–water partition coefficient (Wildman–Crippen LogP) is 4.09. The van der Waals surface area contributed by atoms with E-state index < -0.39 is 0 Å². The van der Waals surface area contributed by atoms with Crippen LogP contribution in [0.15, 0.2) is 5.16 Å². The summed E-state index contributed by atoms with van der Waals surface area (Å²) >= 11 is 1.55. The number of carbonyl (C=O) groups excluding carboxylic acids is 1. The lowest BCUT2D eigenvalue weighted by molar-refractivity contribution is -0.121. The molecule has 0 spiro atoms. The van der Waals surface area contributed by atoms with Crippen LogP contribution in [0.2, 0.25) is 0 Å². The second-order valence-corrected chi connectivity index (χ2v) is 7.87. The van der Waals surface area contributed by atoms with E-state index >= 15 is 0 Å². The Hall–Kier alpha value is -0.970. The molecule has 1 atom stereocenters. The Balaban J connectivity index is 2.81. The van der Waals surface area contributed by atoms with Gasteiger partial charge in [-0.15, -0.1) is 0 Å². The van der Waals surface area contributed by atoms with Crippen molar-refractivity contribution >= 4 is 17.7 Å². The van der Waals surface area contributed by atoms with Crippen LogP contribution >= 0.6 is 11.8 Å². The lowest BCUT2D eigenvalue weighted by Gasteiger charge is -2.26. The van der Waals surface area contributed by atoms with Crippen LogP contribution in [0.1, 0.15) is 65.3 Å². The van der Waals surface area contributed by atoms with E-state index in [2.05, 4.69) is 49.5 Å². The first kappa shape index (κ1) is 19.1. The summed E-state index contributed by atoms with van der Waals surface area (Å²) in [5.41, 5.74) is 2.10. The molecule has 4 nitrogen and oxygen atoms in total. The quantitative estimate of drug-likeness (QED) is 0.732. The molecule has 1 aromatic heterocycles. The van der Waals surface area contributed by atoms with E-state index in [0.29, 0.717) is 0 Å². The van der Waals surface area contributed by atoms with Crippen molar-refractivity contribution < 1.29 is 4.79 Å². The van der Waals surface area contributed by atoms with Gasteiger partial charge in [-0.25, -0.2) is 4.98 Å². The lowest BCUT2D eigenvalue weighted by Crippen LogP contribution is -2.46. The smallest absolute Gasteiger partial charge is 0.233 e. The summed E-state index contributed by atoms with van der Waals surface area (Å²) in [6.07, 6.45) is 3.20. The van der Waals surface area contributed by atoms with Gasteiger partial charge in [0, 0.05) is 17.8 Å². The molecule has 22 heavy (non-hydrogen) atoms. The van der Waals surface area contributed by atoms with Gasteiger partial charge in [-0.3, -0.25) is 4.79 Å². The second-order valence-electron chi connectivity index (χ2n) is 6.56. The maximum atomic E-state index is 12.4. The van der Waals surface area contributed by atoms with Gasteiger partial charge >= 0.3 is 0 Å². The predicted molar refractivity (Wildman–Crippen MR) is 94.4 cm³/mol. The number of hydrogen-bond donors (Lipinski definition) is 1. The van der Waals surface area contributed by atoms with Gasteiger partial charge in [0.2, 0.25) is 5.91 Å². The standard InChI is InChI=1S/C17H31N3OS/c1-8-10-11-20-13(4)12(3)18-16(20)22-14(5)15(21)19-17(6,7)9-2/h14H,8-11H2,1-7H3,(H,19,21). The highest BCUT2D eigenvalue weighted by atomic mass is 32.2. The normalized spacial score (nSPS) is 13.2. The van der Waals surface area contributed by atoms with Crippen LogP contribution in [0.4, 0.5) is 0 Å². The van der Waals surface area contributed by atoms with Crippen LogP contribution < -0.4 is 5.32 Å². The zero-order valence-electron chi connectivity index (χ0n) is 15.1. The fourth-order valence-corrected chi connectivity index (χ4v) is 3.06. The van der Waals surface area contributed by atoms with Crippen molar-refractivity contribution in [1.29, 1.82) is 0 Å². The summed E-state index contributed by atoms with van der Waals surface area (Å²) in [6, 6.07) is 0. The molecule has 0 aliphatic heterocycles. The SMILES string of the molecule is CCCCn1c(SC(C)C(=O)NC(C)(C)CC)nc(C)c1C. The molecule has 1 amide bonds. The maximum Gasteiger partial charge on any atom is 0.233 e. The van der Waals surface area contributed by atoms with Crippen LogP contribution in [0.5, 0.6) is 0 Å². The van der Waals surface area contributed by atoms with Crippen molar-refractivity contribution in [2.45, 2.75) is 90.2 Å². The van der Waals surface area contributed by atoms with E-state index in [1.807, 2.05) is 13.8 Å². The summed E-state index contributed by atoms with van der Waals surface area (Å²) in [7, 11) is 0. The van der Waals surface area contributed by atoms with E-state index in [-0.39, 0.29) is 16.7 Å². The molecule has 1 rings (SSSR count). The molecule has 1 unspecified atom stereocenters.